The van der Waals surface area contributed by atoms with Crippen LogP contribution in [0.15, 0.2) is 66.2 Å². The number of aromatic amines is 1. The zero-order valence-electron chi connectivity index (χ0n) is 22.5. The van der Waals surface area contributed by atoms with Gasteiger partial charge < -0.3 is 14.8 Å². The summed E-state index contributed by atoms with van der Waals surface area (Å²) in [4.78, 5) is 36.3. The number of rotatable bonds is 5. The molecule has 1 saturated heterocycles. The van der Waals surface area contributed by atoms with Crippen LogP contribution in [0, 0.1) is 6.92 Å². The van der Waals surface area contributed by atoms with Crippen LogP contribution in [0.2, 0.25) is 5.02 Å². The average Bonchev–Trinajstić information content (AvgIpc) is 3.42. The third kappa shape index (κ3) is 4.79. The molecular formula is C31H30ClN3O4. The summed E-state index contributed by atoms with van der Waals surface area (Å²) in [5, 5.41) is 11.9. The van der Waals surface area contributed by atoms with E-state index in [1.807, 2.05) is 56.3 Å². The Kier molecular flexibility index (Phi) is 6.72. The van der Waals surface area contributed by atoms with Crippen molar-refractivity contribution in [2.75, 3.05) is 11.5 Å². The number of nitrogens with zero attached hydrogens (tertiary/aromatic N) is 2. The first kappa shape index (κ1) is 26.5. The van der Waals surface area contributed by atoms with Crippen molar-refractivity contribution in [1.82, 2.24) is 9.97 Å². The maximum absolute atomic E-state index is 13.6. The SMILES string of the molecule is CCOc1cc(/C(O)=C2\C(=O)C(=O)N(c3nc4ccc(C)cc4[nH]3)C2c2ccc(C(C)(C)C)cc2)ccc1Cl. The van der Waals surface area contributed by atoms with Crippen LogP contribution < -0.4 is 9.64 Å². The van der Waals surface area contributed by atoms with E-state index in [1.165, 1.54) is 4.90 Å². The van der Waals surface area contributed by atoms with Crippen LogP contribution in [-0.4, -0.2) is 33.4 Å². The van der Waals surface area contributed by atoms with Crippen LogP contribution in [0.4, 0.5) is 5.95 Å². The van der Waals surface area contributed by atoms with Crippen LogP contribution >= 0.6 is 11.6 Å². The molecule has 3 aromatic carbocycles. The lowest BCUT2D eigenvalue weighted by Crippen LogP contribution is -2.30. The van der Waals surface area contributed by atoms with Gasteiger partial charge in [-0.2, -0.15) is 0 Å². The summed E-state index contributed by atoms with van der Waals surface area (Å²) in [6.45, 7) is 10.5. The Labute approximate surface area is 232 Å². The molecule has 4 aromatic rings. The number of nitrogens with one attached hydrogen (secondary N) is 1. The molecule has 0 radical (unpaired) electrons. The number of carbonyl (C=O) groups excluding carboxylic acids is 2. The second-order valence-electron chi connectivity index (χ2n) is 10.7. The Morgan fingerprint density at radius 3 is 2.46 bits per heavy atom. The van der Waals surface area contributed by atoms with Crippen molar-refractivity contribution in [3.8, 4) is 5.75 Å². The molecule has 1 fully saturated rings. The minimum absolute atomic E-state index is 0.0371. The van der Waals surface area contributed by atoms with Gasteiger partial charge in [-0.15, -0.1) is 0 Å². The second-order valence-corrected chi connectivity index (χ2v) is 11.1. The number of aryl methyl sites for hydroxylation is 1. The number of hydrogen-bond acceptors (Lipinski definition) is 5. The first-order chi connectivity index (χ1) is 18.5. The summed E-state index contributed by atoms with van der Waals surface area (Å²) < 4.78 is 5.59. The molecule has 2 N–H and O–H groups in total. The van der Waals surface area contributed by atoms with Crippen molar-refractivity contribution in [3.63, 3.8) is 0 Å². The van der Waals surface area contributed by atoms with Gasteiger partial charge >= 0.3 is 5.91 Å². The predicted molar refractivity (Wildman–Crippen MR) is 153 cm³/mol. The van der Waals surface area contributed by atoms with Gasteiger partial charge in [0.05, 0.1) is 34.3 Å². The van der Waals surface area contributed by atoms with E-state index >= 15 is 0 Å². The second kappa shape index (κ2) is 9.89. The van der Waals surface area contributed by atoms with Crippen molar-refractivity contribution < 1.29 is 19.4 Å². The summed E-state index contributed by atoms with van der Waals surface area (Å²) in [6, 6.07) is 17.3. The van der Waals surface area contributed by atoms with Crippen molar-refractivity contribution in [2.24, 2.45) is 0 Å². The highest BCUT2D eigenvalue weighted by Crippen LogP contribution is 2.43. The Bertz CT molecular complexity index is 1630. The molecule has 1 aromatic heterocycles. The number of anilines is 1. The van der Waals surface area contributed by atoms with Gasteiger partial charge in [-0.3, -0.25) is 14.5 Å². The molecule has 0 bridgehead atoms. The summed E-state index contributed by atoms with van der Waals surface area (Å²) in [5.41, 5.74) is 4.40. The highest BCUT2D eigenvalue weighted by Gasteiger charge is 2.48. The molecule has 1 unspecified atom stereocenters. The highest BCUT2D eigenvalue weighted by atomic mass is 35.5. The van der Waals surface area contributed by atoms with E-state index in [2.05, 4.69) is 30.7 Å². The van der Waals surface area contributed by atoms with E-state index in [1.54, 1.807) is 18.2 Å². The molecule has 7 nitrogen and oxygen atoms in total. The molecular weight excluding hydrogens is 514 g/mol. The number of Topliss-reactive ketones (excluding diaryl/α,β-unsaturated/α-hetero) is 1. The maximum atomic E-state index is 13.6. The number of H-pyrrole nitrogens is 1. The van der Waals surface area contributed by atoms with Crippen molar-refractivity contribution in [2.45, 2.75) is 46.1 Å². The monoisotopic (exact) mass is 543 g/mol. The Morgan fingerprint density at radius 1 is 1.08 bits per heavy atom. The van der Waals surface area contributed by atoms with Gasteiger partial charge in [-0.25, -0.2) is 4.98 Å². The van der Waals surface area contributed by atoms with Gasteiger partial charge in [0.1, 0.15) is 11.5 Å². The third-order valence-electron chi connectivity index (χ3n) is 6.89. The third-order valence-corrected chi connectivity index (χ3v) is 7.21. The van der Waals surface area contributed by atoms with Gasteiger partial charge in [0.2, 0.25) is 5.95 Å². The summed E-state index contributed by atoms with van der Waals surface area (Å²) >= 11 is 6.26. The largest absolute Gasteiger partial charge is 0.507 e. The number of carbonyl (C=O) groups is 2. The molecule has 0 aliphatic carbocycles. The molecule has 200 valence electrons. The van der Waals surface area contributed by atoms with E-state index in [0.717, 1.165) is 16.6 Å². The van der Waals surface area contributed by atoms with E-state index in [-0.39, 0.29) is 22.7 Å². The van der Waals surface area contributed by atoms with Gasteiger partial charge in [-0.05, 0) is 66.3 Å². The Morgan fingerprint density at radius 2 is 1.79 bits per heavy atom. The van der Waals surface area contributed by atoms with E-state index in [0.29, 0.717) is 34.0 Å². The molecule has 39 heavy (non-hydrogen) atoms. The number of imidazole rings is 1. The quantitative estimate of drug-likeness (QED) is 0.163. The fourth-order valence-corrected chi connectivity index (χ4v) is 5.00. The van der Waals surface area contributed by atoms with Gasteiger partial charge in [0.15, 0.2) is 0 Å². The van der Waals surface area contributed by atoms with Crippen molar-refractivity contribution in [1.29, 1.82) is 0 Å². The Balaban J connectivity index is 1.71. The van der Waals surface area contributed by atoms with Gasteiger partial charge in [0, 0.05) is 5.56 Å². The van der Waals surface area contributed by atoms with Crippen LogP contribution in [0.5, 0.6) is 5.75 Å². The van der Waals surface area contributed by atoms with Crippen LogP contribution in [-0.2, 0) is 15.0 Å². The predicted octanol–water partition coefficient (Wildman–Crippen LogP) is 6.85. The molecule has 1 aliphatic rings. The number of aliphatic hydroxyl groups excluding tert-OH is 1. The van der Waals surface area contributed by atoms with Crippen LogP contribution in [0.1, 0.15) is 56.0 Å². The first-order valence-corrected chi connectivity index (χ1v) is 13.2. The first-order valence-electron chi connectivity index (χ1n) is 12.8. The summed E-state index contributed by atoms with van der Waals surface area (Å²) in [7, 11) is 0. The summed E-state index contributed by atoms with van der Waals surface area (Å²) in [6.07, 6.45) is 0. The van der Waals surface area contributed by atoms with Gasteiger partial charge in [0.25, 0.3) is 5.78 Å². The maximum Gasteiger partial charge on any atom is 0.302 e. The van der Waals surface area contributed by atoms with Crippen molar-refractivity contribution >= 4 is 46.0 Å². The van der Waals surface area contributed by atoms with Crippen LogP contribution in [0.3, 0.4) is 0 Å². The molecule has 1 atom stereocenters. The highest BCUT2D eigenvalue weighted by molar-refractivity contribution is 6.51. The molecule has 1 amide bonds. The number of aromatic nitrogens is 2. The lowest BCUT2D eigenvalue weighted by atomic mass is 9.85. The molecule has 0 saturated carbocycles. The molecule has 0 spiro atoms. The fourth-order valence-electron chi connectivity index (χ4n) is 4.83. The zero-order valence-corrected chi connectivity index (χ0v) is 23.3. The Hall–Kier alpha value is -4.10. The van der Waals surface area contributed by atoms with E-state index in [4.69, 9.17) is 16.3 Å². The molecule has 5 rings (SSSR count). The summed E-state index contributed by atoms with van der Waals surface area (Å²) in [5.74, 6) is -1.30. The molecule has 1 aliphatic heterocycles. The average molecular weight is 544 g/mol. The normalized spacial score (nSPS) is 17.3. The minimum Gasteiger partial charge on any atom is -0.507 e. The number of aliphatic hydroxyl groups is 1. The lowest BCUT2D eigenvalue weighted by Gasteiger charge is -2.25. The number of ketones is 1. The minimum atomic E-state index is -0.910. The standard InChI is InChI=1S/C31H30ClN3O4/c1-6-39-24-16-19(10-13-21(24)32)27(36)25-26(18-8-11-20(12-9-18)31(3,4)5)35(29(38)28(25)37)30-33-22-14-7-17(2)15-23(22)34-30/h7-16,26,36H,6H2,1-5H3,(H,33,34)/b27-25+. The topological polar surface area (TPSA) is 95.5 Å². The number of amides is 1. The molecule has 8 heteroatoms. The van der Waals surface area contributed by atoms with E-state index < -0.39 is 17.7 Å². The fraction of sp³-hybridized carbons (Fsp3) is 0.258. The number of halogens is 1. The van der Waals surface area contributed by atoms with E-state index in [9.17, 15) is 14.7 Å². The number of fused-ring (bicyclic) bond motifs is 1. The number of ether oxygens (including phenoxy) is 1. The zero-order chi connectivity index (χ0) is 28.1. The van der Waals surface area contributed by atoms with Gasteiger partial charge in [-0.1, -0.05) is 62.7 Å². The lowest BCUT2D eigenvalue weighted by molar-refractivity contribution is -0.132. The smallest absolute Gasteiger partial charge is 0.302 e. The van der Waals surface area contributed by atoms with Crippen LogP contribution in [0.25, 0.3) is 16.8 Å². The number of benzene rings is 3. The van der Waals surface area contributed by atoms with Crippen molar-refractivity contribution in [3.05, 3.63) is 93.5 Å². The molecule has 2 heterocycles. The number of hydrogen-bond donors (Lipinski definition) is 2.